The molecule has 0 aliphatic carbocycles. The summed E-state index contributed by atoms with van der Waals surface area (Å²) in [4.78, 5) is 12.6. The van der Waals surface area contributed by atoms with E-state index >= 15 is 0 Å². The molecule has 1 aliphatic rings. The van der Waals surface area contributed by atoms with Gasteiger partial charge in [0, 0.05) is 14.9 Å². The van der Waals surface area contributed by atoms with Gasteiger partial charge in [0.15, 0.2) is 5.78 Å². The molecule has 3 heteroatoms. The standard InChI is InChI=1S/C9H7BrOS/c1-5-9(11)7-3-2-6(10)4-8(7)12-5/h2-5H,1H3. The fourth-order valence-electron chi connectivity index (χ4n) is 1.26. The zero-order chi connectivity index (χ0) is 8.72. The third-order valence-corrected chi connectivity index (χ3v) is 3.53. The maximum absolute atomic E-state index is 11.5. The Morgan fingerprint density at radius 1 is 1.50 bits per heavy atom. The van der Waals surface area contributed by atoms with Crippen molar-refractivity contribution in [2.75, 3.05) is 0 Å². The molecule has 1 aliphatic heterocycles. The van der Waals surface area contributed by atoms with E-state index in [2.05, 4.69) is 15.9 Å². The SMILES string of the molecule is CC1Sc2cc(Br)ccc2C1=O. The Morgan fingerprint density at radius 2 is 2.25 bits per heavy atom. The molecule has 12 heavy (non-hydrogen) atoms. The minimum atomic E-state index is 0.0919. The van der Waals surface area contributed by atoms with Gasteiger partial charge in [0.05, 0.1) is 5.25 Å². The van der Waals surface area contributed by atoms with Gasteiger partial charge in [-0.15, -0.1) is 11.8 Å². The van der Waals surface area contributed by atoms with Crippen LogP contribution in [0.5, 0.6) is 0 Å². The highest BCUT2D eigenvalue weighted by molar-refractivity contribution is 9.10. The summed E-state index contributed by atoms with van der Waals surface area (Å²) in [6.45, 7) is 1.95. The van der Waals surface area contributed by atoms with Crippen LogP contribution in [0.2, 0.25) is 0 Å². The average molecular weight is 243 g/mol. The van der Waals surface area contributed by atoms with Crippen LogP contribution in [0.3, 0.4) is 0 Å². The highest BCUT2D eigenvalue weighted by Gasteiger charge is 2.27. The molecular formula is C9H7BrOS. The van der Waals surface area contributed by atoms with E-state index < -0.39 is 0 Å². The predicted molar refractivity (Wildman–Crippen MR) is 53.8 cm³/mol. The molecule has 0 spiro atoms. The first-order chi connectivity index (χ1) is 5.68. The van der Waals surface area contributed by atoms with Crippen LogP contribution in [0.1, 0.15) is 17.3 Å². The van der Waals surface area contributed by atoms with Crippen molar-refractivity contribution in [2.24, 2.45) is 0 Å². The number of benzene rings is 1. The second kappa shape index (κ2) is 2.89. The first kappa shape index (κ1) is 8.32. The third kappa shape index (κ3) is 1.21. The molecule has 0 amide bonds. The Labute approximate surface area is 83.7 Å². The fraction of sp³-hybridized carbons (Fsp3) is 0.222. The zero-order valence-electron chi connectivity index (χ0n) is 6.50. The lowest BCUT2D eigenvalue weighted by atomic mass is 10.1. The second-order valence-corrected chi connectivity index (χ2v) is 5.06. The molecule has 0 bridgehead atoms. The van der Waals surface area contributed by atoms with Crippen molar-refractivity contribution in [3.63, 3.8) is 0 Å². The Hall–Kier alpha value is -0.280. The molecule has 1 heterocycles. The van der Waals surface area contributed by atoms with Gasteiger partial charge < -0.3 is 0 Å². The number of fused-ring (bicyclic) bond motifs is 1. The molecule has 1 aromatic carbocycles. The summed E-state index contributed by atoms with van der Waals surface area (Å²) in [5.74, 6) is 0.252. The van der Waals surface area contributed by atoms with Crippen molar-refractivity contribution in [3.8, 4) is 0 Å². The molecule has 0 saturated carbocycles. The van der Waals surface area contributed by atoms with Gasteiger partial charge in [-0.3, -0.25) is 4.79 Å². The van der Waals surface area contributed by atoms with Crippen LogP contribution < -0.4 is 0 Å². The summed E-state index contributed by atoms with van der Waals surface area (Å²) in [7, 11) is 0. The number of rotatable bonds is 0. The van der Waals surface area contributed by atoms with Gasteiger partial charge >= 0.3 is 0 Å². The van der Waals surface area contributed by atoms with Crippen LogP contribution in [-0.2, 0) is 0 Å². The van der Waals surface area contributed by atoms with Crippen molar-refractivity contribution in [2.45, 2.75) is 17.1 Å². The summed E-state index contributed by atoms with van der Waals surface area (Å²) in [6.07, 6.45) is 0. The fourth-order valence-corrected chi connectivity index (χ4v) is 2.88. The van der Waals surface area contributed by atoms with Crippen LogP contribution in [0.25, 0.3) is 0 Å². The van der Waals surface area contributed by atoms with Crippen LogP contribution in [-0.4, -0.2) is 11.0 Å². The van der Waals surface area contributed by atoms with E-state index in [9.17, 15) is 4.79 Å². The molecule has 1 nitrogen and oxygen atoms in total. The highest BCUT2D eigenvalue weighted by Crippen LogP contribution is 2.37. The second-order valence-electron chi connectivity index (χ2n) is 2.76. The van der Waals surface area contributed by atoms with E-state index in [4.69, 9.17) is 0 Å². The lowest BCUT2D eigenvalue weighted by Crippen LogP contribution is -2.05. The van der Waals surface area contributed by atoms with Gasteiger partial charge in [-0.2, -0.15) is 0 Å². The lowest BCUT2D eigenvalue weighted by molar-refractivity contribution is 0.0996. The van der Waals surface area contributed by atoms with Crippen molar-refractivity contribution < 1.29 is 4.79 Å². The number of carbonyl (C=O) groups excluding carboxylic acids is 1. The number of halogens is 1. The third-order valence-electron chi connectivity index (χ3n) is 1.88. The van der Waals surface area contributed by atoms with Gasteiger partial charge in [-0.1, -0.05) is 15.9 Å². The quantitative estimate of drug-likeness (QED) is 0.696. The average Bonchev–Trinajstić information content (AvgIpc) is 2.28. The summed E-state index contributed by atoms with van der Waals surface area (Å²) in [6, 6.07) is 5.80. The molecule has 0 fully saturated rings. The molecule has 0 saturated heterocycles. The van der Waals surface area contributed by atoms with E-state index in [0.29, 0.717) is 0 Å². The van der Waals surface area contributed by atoms with Crippen molar-refractivity contribution in [1.29, 1.82) is 0 Å². The minimum absolute atomic E-state index is 0.0919. The summed E-state index contributed by atoms with van der Waals surface area (Å²) < 4.78 is 1.04. The van der Waals surface area contributed by atoms with Gasteiger partial charge in [0.25, 0.3) is 0 Å². The Bertz CT molecular complexity index is 348. The van der Waals surface area contributed by atoms with Crippen molar-refractivity contribution in [1.82, 2.24) is 0 Å². The van der Waals surface area contributed by atoms with Gasteiger partial charge in [0.1, 0.15) is 0 Å². The van der Waals surface area contributed by atoms with Gasteiger partial charge in [-0.25, -0.2) is 0 Å². The van der Waals surface area contributed by atoms with Crippen LogP contribution in [0.15, 0.2) is 27.6 Å². The number of carbonyl (C=O) groups is 1. The highest BCUT2D eigenvalue weighted by atomic mass is 79.9. The molecular weight excluding hydrogens is 236 g/mol. The lowest BCUT2D eigenvalue weighted by Gasteiger charge is -1.94. The molecule has 1 unspecified atom stereocenters. The van der Waals surface area contributed by atoms with Crippen molar-refractivity contribution >= 4 is 33.5 Å². The summed E-state index contributed by atoms with van der Waals surface area (Å²) in [5, 5.41) is 0.0919. The molecule has 1 atom stereocenters. The van der Waals surface area contributed by atoms with Crippen LogP contribution in [0.4, 0.5) is 0 Å². The topological polar surface area (TPSA) is 17.1 Å². The molecule has 0 aromatic heterocycles. The molecule has 0 radical (unpaired) electrons. The van der Waals surface area contributed by atoms with Crippen LogP contribution in [0, 0.1) is 0 Å². The Morgan fingerprint density at radius 3 is 3.00 bits per heavy atom. The monoisotopic (exact) mass is 242 g/mol. The van der Waals surface area contributed by atoms with E-state index in [1.165, 1.54) is 0 Å². The van der Waals surface area contributed by atoms with Gasteiger partial charge in [0.2, 0.25) is 0 Å². The number of hydrogen-bond acceptors (Lipinski definition) is 2. The predicted octanol–water partition coefficient (Wildman–Crippen LogP) is 3.13. The summed E-state index contributed by atoms with van der Waals surface area (Å²) >= 11 is 5.01. The van der Waals surface area contributed by atoms with E-state index in [0.717, 1.165) is 14.9 Å². The largest absolute Gasteiger partial charge is 0.293 e. The molecule has 0 N–H and O–H groups in total. The summed E-state index contributed by atoms with van der Waals surface area (Å²) in [5.41, 5.74) is 0.871. The maximum Gasteiger partial charge on any atom is 0.177 e. The van der Waals surface area contributed by atoms with Crippen molar-refractivity contribution in [3.05, 3.63) is 28.2 Å². The first-order valence-electron chi connectivity index (χ1n) is 3.69. The minimum Gasteiger partial charge on any atom is -0.293 e. The number of hydrogen-bond donors (Lipinski definition) is 0. The zero-order valence-corrected chi connectivity index (χ0v) is 8.91. The van der Waals surface area contributed by atoms with E-state index in [-0.39, 0.29) is 11.0 Å². The number of Topliss-reactive ketones (excluding diaryl/α,β-unsaturated/α-hetero) is 1. The Kier molecular flexibility index (Phi) is 2.00. The van der Waals surface area contributed by atoms with E-state index in [1.807, 2.05) is 25.1 Å². The molecule has 62 valence electrons. The first-order valence-corrected chi connectivity index (χ1v) is 5.36. The smallest absolute Gasteiger partial charge is 0.177 e. The number of thioether (sulfide) groups is 1. The van der Waals surface area contributed by atoms with Crippen LogP contribution >= 0.6 is 27.7 Å². The maximum atomic E-state index is 11.5. The van der Waals surface area contributed by atoms with E-state index in [1.54, 1.807) is 11.8 Å². The normalized spacial score (nSPS) is 21.2. The molecule has 1 aromatic rings. The van der Waals surface area contributed by atoms with Gasteiger partial charge in [-0.05, 0) is 25.1 Å². The Balaban J connectivity index is 2.54. The molecule has 2 rings (SSSR count). The number of ketones is 1.